The highest BCUT2D eigenvalue weighted by atomic mass is 16.5. The number of esters is 1. The van der Waals surface area contributed by atoms with E-state index in [9.17, 15) is 4.79 Å². The van der Waals surface area contributed by atoms with Crippen LogP contribution in [0, 0.1) is 12.8 Å². The number of carbonyl (C=O) groups is 1. The van der Waals surface area contributed by atoms with Crippen LogP contribution in [0.15, 0.2) is 24.3 Å². The minimum atomic E-state index is -0.231. The Balaban J connectivity index is 0.000000235. The second-order valence-corrected chi connectivity index (χ2v) is 5.94. The smallest absolute Gasteiger partial charge is 0.338 e. The fraction of sp³-hybridized carbons (Fsp3) is 0.632. The van der Waals surface area contributed by atoms with Crippen LogP contribution in [0.2, 0.25) is 0 Å². The summed E-state index contributed by atoms with van der Waals surface area (Å²) in [5, 5.41) is 0. The third kappa shape index (κ3) is 6.61. The Hall–Kier alpha value is -1.35. The zero-order chi connectivity index (χ0) is 16.4. The highest BCUT2D eigenvalue weighted by Gasteiger charge is 2.20. The van der Waals surface area contributed by atoms with Crippen molar-refractivity contribution in [1.82, 2.24) is 0 Å². The van der Waals surface area contributed by atoms with Crippen LogP contribution in [0.4, 0.5) is 0 Å². The van der Waals surface area contributed by atoms with E-state index in [-0.39, 0.29) is 5.97 Å². The molecule has 0 aromatic heterocycles. The number of aryl methyl sites for hydroxylation is 1. The Labute approximate surface area is 135 Å². The lowest BCUT2D eigenvalue weighted by Crippen LogP contribution is -2.15. The van der Waals surface area contributed by atoms with E-state index in [0.717, 1.165) is 24.5 Å². The van der Waals surface area contributed by atoms with Crippen molar-refractivity contribution < 1.29 is 14.3 Å². The highest BCUT2D eigenvalue weighted by Crippen LogP contribution is 2.21. The standard InChI is InChI=1S/C11H14O2.C8H16O/c1-3-7-13-11(12)10-6-4-5-9(2)8-10;1-3-7(2)8-5-4-6-9-8/h4-6,8H,3,7H2,1-2H3;7-8H,3-6H2,1-2H3. The van der Waals surface area contributed by atoms with Gasteiger partial charge in [0.05, 0.1) is 18.3 Å². The second kappa shape index (κ2) is 10.4. The van der Waals surface area contributed by atoms with E-state index < -0.39 is 0 Å². The molecule has 1 aliphatic heterocycles. The zero-order valence-electron chi connectivity index (χ0n) is 14.4. The summed E-state index contributed by atoms with van der Waals surface area (Å²) in [5.41, 5.74) is 1.71. The molecule has 0 bridgehead atoms. The number of hydrogen-bond acceptors (Lipinski definition) is 3. The summed E-state index contributed by atoms with van der Waals surface area (Å²) >= 11 is 0. The summed E-state index contributed by atoms with van der Waals surface area (Å²) in [5.74, 6) is 0.540. The minimum Gasteiger partial charge on any atom is -0.462 e. The topological polar surface area (TPSA) is 35.5 Å². The molecule has 0 saturated carbocycles. The molecule has 1 heterocycles. The van der Waals surface area contributed by atoms with Gasteiger partial charge in [-0.3, -0.25) is 0 Å². The molecule has 1 aromatic carbocycles. The lowest BCUT2D eigenvalue weighted by atomic mass is 10.00. The molecule has 1 aromatic rings. The van der Waals surface area contributed by atoms with Crippen LogP contribution in [-0.2, 0) is 9.47 Å². The van der Waals surface area contributed by atoms with Crippen molar-refractivity contribution in [2.45, 2.75) is 59.5 Å². The van der Waals surface area contributed by atoms with Gasteiger partial charge in [-0.25, -0.2) is 4.79 Å². The van der Waals surface area contributed by atoms with Crippen molar-refractivity contribution >= 4 is 5.97 Å². The molecule has 3 nitrogen and oxygen atoms in total. The molecule has 3 heteroatoms. The molecule has 2 rings (SSSR count). The van der Waals surface area contributed by atoms with Crippen molar-refractivity contribution in [1.29, 1.82) is 0 Å². The predicted molar refractivity (Wildman–Crippen MR) is 90.2 cm³/mol. The summed E-state index contributed by atoms with van der Waals surface area (Å²) < 4.78 is 10.5. The fourth-order valence-corrected chi connectivity index (χ4v) is 2.36. The average molecular weight is 306 g/mol. The average Bonchev–Trinajstić information content (AvgIpc) is 3.07. The van der Waals surface area contributed by atoms with Crippen LogP contribution >= 0.6 is 0 Å². The van der Waals surface area contributed by atoms with Gasteiger partial charge in [-0.1, -0.05) is 44.9 Å². The number of carbonyl (C=O) groups excluding carboxylic acids is 1. The van der Waals surface area contributed by atoms with Crippen LogP contribution < -0.4 is 0 Å². The quantitative estimate of drug-likeness (QED) is 0.735. The molecule has 1 saturated heterocycles. The molecular weight excluding hydrogens is 276 g/mol. The van der Waals surface area contributed by atoms with Crippen LogP contribution in [0.1, 0.15) is 62.4 Å². The lowest BCUT2D eigenvalue weighted by molar-refractivity contribution is 0.0505. The monoisotopic (exact) mass is 306 g/mol. The first-order valence-corrected chi connectivity index (χ1v) is 8.43. The summed E-state index contributed by atoms with van der Waals surface area (Å²) in [6, 6.07) is 7.41. The normalized spacial score (nSPS) is 18.3. The van der Waals surface area contributed by atoms with Crippen molar-refractivity contribution in [2.24, 2.45) is 5.92 Å². The number of benzene rings is 1. The predicted octanol–water partition coefficient (Wildman–Crippen LogP) is 4.77. The first-order chi connectivity index (χ1) is 10.6. The van der Waals surface area contributed by atoms with E-state index in [1.165, 1.54) is 19.3 Å². The van der Waals surface area contributed by atoms with Gasteiger partial charge in [-0.05, 0) is 44.2 Å². The van der Waals surface area contributed by atoms with Gasteiger partial charge in [0.15, 0.2) is 0 Å². The van der Waals surface area contributed by atoms with E-state index in [1.807, 2.05) is 32.0 Å². The summed E-state index contributed by atoms with van der Waals surface area (Å²) in [6.45, 7) is 9.92. The lowest BCUT2D eigenvalue weighted by Gasteiger charge is -2.15. The molecule has 1 fully saturated rings. The molecule has 2 atom stereocenters. The Bertz CT molecular complexity index is 436. The zero-order valence-corrected chi connectivity index (χ0v) is 14.4. The van der Waals surface area contributed by atoms with E-state index >= 15 is 0 Å². The number of hydrogen-bond donors (Lipinski definition) is 0. The Kier molecular flexibility index (Phi) is 8.83. The van der Waals surface area contributed by atoms with Crippen LogP contribution in [0.5, 0.6) is 0 Å². The maximum Gasteiger partial charge on any atom is 0.338 e. The molecule has 1 aliphatic rings. The van der Waals surface area contributed by atoms with Crippen LogP contribution in [-0.4, -0.2) is 25.3 Å². The molecular formula is C19H30O3. The first-order valence-electron chi connectivity index (χ1n) is 8.43. The molecule has 0 radical (unpaired) electrons. The van der Waals surface area contributed by atoms with E-state index in [0.29, 0.717) is 18.3 Å². The maximum atomic E-state index is 11.3. The van der Waals surface area contributed by atoms with Gasteiger partial charge >= 0.3 is 5.97 Å². The highest BCUT2D eigenvalue weighted by molar-refractivity contribution is 5.89. The third-order valence-corrected chi connectivity index (χ3v) is 3.93. The Morgan fingerprint density at radius 3 is 2.73 bits per heavy atom. The molecule has 0 spiro atoms. The Morgan fingerprint density at radius 2 is 2.18 bits per heavy atom. The van der Waals surface area contributed by atoms with Gasteiger partial charge in [0.25, 0.3) is 0 Å². The number of rotatable bonds is 5. The van der Waals surface area contributed by atoms with Gasteiger partial charge in [0.2, 0.25) is 0 Å². The van der Waals surface area contributed by atoms with Gasteiger partial charge in [-0.15, -0.1) is 0 Å². The van der Waals surface area contributed by atoms with Crippen molar-refractivity contribution in [3.05, 3.63) is 35.4 Å². The van der Waals surface area contributed by atoms with E-state index in [4.69, 9.17) is 9.47 Å². The SMILES string of the molecule is CCC(C)C1CCCO1.CCCOC(=O)c1cccc(C)c1. The van der Waals surface area contributed by atoms with Crippen molar-refractivity contribution in [2.75, 3.05) is 13.2 Å². The first kappa shape index (κ1) is 18.7. The molecule has 22 heavy (non-hydrogen) atoms. The summed E-state index contributed by atoms with van der Waals surface area (Å²) in [4.78, 5) is 11.3. The van der Waals surface area contributed by atoms with Crippen LogP contribution in [0.3, 0.4) is 0 Å². The van der Waals surface area contributed by atoms with Crippen molar-refractivity contribution in [3.63, 3.8) is 0 Å². The minimum absolute atomic E-state index is 0.231. The van der Waals surface area contributed by atoms with Gasteiger partial charge in [-0.2, -0.15) is 0 Å². The second-order valence-electron chi connectivity index (χ2n) is 5.94. The van der Waals surface area contributed by atoms with Gasteiger partial charge < -0.3 is 9.47 Å². The van der Waals surface area contributed by atoms with Gasteiger partial charge in [0.1, 0.15) is 0 Å². The van der Waals surface area contributed by atoms with E-state index in [1.54, 1.807) is 6.07 Å². The maximum absolute atomic E-state index is 11.3. The molecule has 124 valence electrons. The molecule has 0 amide bonds. The van der Waals surface area contributed by atoms with Gasteiger partial charge in [0, 0.05) is 6.61 Å². The molecule has 2 unspecified atom stereocenters. The third-order valence-electron chi connectivity index (χ3n) is 3.93. The summed E-state index contributed by atoms with van der Waals surface area (Å²) in [6.07, 6.45) is 5.25. The fourth-order valence-electron chi connectivity index (χ4n) is 2.36. The molecule has 0 N–H and O–H groups in total. The van der Waals surface area contributed by atoms with Crippen LogP contribution in [0.25, 0.3) is 0 Å². The van der Waals surface area contributed by atoms with Crippen molar-refractivity contribution in [3.8, 4) is 0 Å². The summed E-state index contributed by atoms with van der Waals surface area (Å²) in [7, 11) is 0. The number of ether oxygens (including phenoxy) is 2. The van der Waals surface area contributed by atoms with E-state index in [2.05, 4.69) is 13.8 Å². The molecule has 0 aliphatic carbocycles. The largest absolute Gasteiger partial charge is 0.462 e. The Morgan fingerprint density at radius 1 is 1.41 bits per heavy atom.